The zero-order valence-corrected chi connectivity index (χ0v) is 34.4. The molecule has 0 saturated heterocycles. The molecule has 1 saturated carbocycles. The second-order valence-electron chi connectivity index (χ2n) is 13.8. The highest BCUT2D eigenvalue weighted by molar-refractivity contribution is 7.97. The van der Waals surface area contributed by atoms with Crippen molar-refractivity contribution in [2.45, 2.75) is 90.6 Å². The van der Waals surface area contributed by atoms with Crippen LogP contribution in [0, 0.1) is 29.4 Å². The maximum absolute atomic E-state index is 12.5. The van der Waals surface area contributed by atoms with E-state index in [0.717, 1.165) is 85.0 Å². The fraction of sp³-hybridized carbons (Fsp3) is 0.488. The number of allylic oxidation sites excluding steroid dienone is 1. The normalized spacial score (nSPS) is 18.6. The fourth-order valence-electron chi connectivity index (χ4n) is 6.90. The van der Waals surface area contributed by atoms with Crippen molar-refractivity contribution in [1.29, 1.82) is 0 Å². The summed E-state index contributed by atoms with van der Waals surface area (Å²) in [6.07, 6.45) is 9.97. The highest BCUT2D eigenvalue weighted by atomic mass is 35.5. The van der Waals surface area contributed by atoms with Gasteiger partial charge in [-0.2, -0.15) is 0 Å². The van der Waals surface area contributed by atoms with Crippen molar-refractivity contribution in [3.63, 3.8) is 0 Å². The molecule has 0 radical (unpaired) electrons. The number of anilines is 1. The van der Waals surface area contributed by atoms with Crippen LogP contribution in [0.2, 0.25) is 5.02 Å². The van der Waals surface area contributed by atoms with Crippen molar-refractivity contribution >= 4 is 41.6 Å². The molecule has 5 unspecified atom stereocenters. The van der Waals surface area contributed by atoms with E-state index in [1.54, 1.807) is 11.8 Å². The number of aliphatic hydroxyl groups is 1. The van der Waals surface area contributed by atoms with Crippen LogP contribution in [0.5, 0.6) is 5.75 Å². The first kappa shape index (κ1) is 44.8. The number of hydrogen-bond acceptors (Lipinski definition) is 6. The molecular formula is C43H58ClF2N3O4S. The number of amides is 2. The molecule has 5 rings (SSSR count). The summed E-state index contributed by atoms with van der Waals surface area (Å²) in [7, 11) is 1.86. The van der Waals surface area contributed by atoms with Crippen LogP contribution >= 0.6 is 23.5 Å². The number of fused-ring (bicyclic) bond motifs is 1. The Bertz CT molecular complexity index is 1680. The number of ether oxygens (including phenoxy) is 1. The van der Waals surface area contributed by atoms with Crippen molar-refractivity contribution < 1.29 is 28.2 Å². The van der Waals surface area contributed by atoms with Crippen molar-refractivity contribution in [2.75, 3.05) is 38.2 Å². The van der Waals surface area contributed by atoms with E-state index in [4.69, 9.17) is 16.3 Å². The van der Waals surface area contributed by atoms with E-state index in [-0.39, 0.29) is 11.8 Å². The number of carbonyl (C=O) groups is 2. The zero-order valence-electron chi connectivity index (χ0n) is 32.8. The van der Waals surface area contributed by atoms with Crippen molar-refractivity contribution in [2.24, 2.45) is 17.8 Å². The summed E-state index contributed by atoms with van der Waals surface area (Å²) in [6.45, 7) is 15.2. The first-order valence-electron chi connectivity index (χ1n) is 19.1. The van der Waals surface area contributed by atoms with Gasteiger partial charge in [-0.15, -0.1) is 0 Å². The first-order valence-corrected chi connectivity index (χ1v) is 20.3. The van der Waals surface area contributed by atoms with Gasteiger partial charge in [-0.05, 0) is 121 Å². The second kappa shape index (κ2) is 22.7. The molecule has 11 heteroatoms. The summed E-state index contributed by atoms with van der Waals surface area (Å²) < 4.78 is 33.6. The molecule has 54 heavy (non-hydrogen) atoms. The molecule has 2 aliphatic rings. The van der Waals surface area contributed by atoms with E-state index in [2.05, 4.69) is 53.8 Å². The Morgan fingerprint density at radius 3 is 2.50 bits per heavy atom. The third-order valence-corrected chi connectivity index (χ3v) is 11.0. The van der Waals surface area contributed by atoms with Crippen LogP contribution in [0.25, 0.3) is 0 Å². The summed E-state index contributed by atoms with van der Waals surface area (Å²) in [5, 5.41) is 11.1. The van der Waals surface area contributed by atoms with E-state index in [9.17, 15) is 23.5 Å². The van der Waals surface area contributed by atoms with Crippen LogP contribution < -0.4 is 14.4 Å². The minimum Gasteiger partial charge on any atom is -0.491 e. The zero-order chi connectivity index (χ0) is 39.8. The fourth-order valence-corrected chi connectivity index (χ4v) is 7.58. The van der Waals surface area contributed by atoms with Gasteiger partial charge in [0.2, 0.25) is 12.3 Å². The smallest absolute Gasteiger partial charge is 0.219 e. The van der Waals surface area contributed by atoms with E-state index in [1.165, 1.54) is 30.0 Å². The maximum Gasteiger partial charge on any atom is 0.219 e. The Kier molecular flexibility index (Phi) is 18.8. The lowest BCUT2D eigenvalue weighted by Crippen LogP contribution is -2.42. The van der Waals surface area contributed by atoms with Gasteiger partial charge in [0.15, 0.2) is 11.6 Å². The number of carbonyl (C=O) groups excluding carboxylic acids is 2. The van der Waals surface area contributed by atoms with Crippen LogP contribution in [-0.2, 0) is 16.0 Å². The van der Waals surface area contributed by atoms with Gasteiger partial charge in [-0.1, -0.05) is 70.0 Å². The highest BCUT2D eigenvalue weighted by Crippen LogP contribution is 2.44. The number of rotatable bonds is 14. The van der Waals surface area contributed by atoms with Gasteiger partial charge < -0.3 is 19.6 Å². The molecular weight excluding hydrogens is 728 g/mol. The van der Waals surface area contributed by atoms with Crippen molar-refractivity contribution in [3.05, 3.63) is 100 Å². The molecule has 1 fully saturated rings. The van der Waals surface area contributed by atoms with E-state index >= 15 is 0 Å². The second-order valence-corrected chi connectivity index (χ2v) is 15.2. The number of aliphatic hydroxyl groups excluding tert-OH is 1. The Balaban J connectivity index is 0.000000473. The molecule has 296 valence electrons. The molecule has 3 aromatic rings. The van der Waals surface area contributed by atoms with E-state index in [0.29, 0.717) is 35.7 Å². The van der Waals surface area contributed by atoms with Crippen LogP contribution in [0.1, 0.15) is 95.9 Å². The molecule has 1 aliphatic heterocycles. The van der Waals surface area contributed by atoms with Crippen LogP contribution in [0.15, 0.2) is 71.6 Å². The van der Waals surface area contributed by atoms with Gasteiger partial charge in [0.25, 0.3) is 0 Å². The largest absolute Gasteiger partial charge is 0.491 e. The molecule has 1 aliphatic carbocycles. The van der Waals surface area contributed by atoms with Crippen LogP contribution in [0.4, 0.5) is 14.5 Å². The van der Waals surface area contributed by atoms with Crippen LogP contribution in [0.3, 0.4) is 0 Å². The molecule has 0 aromatic heterocycles. The molecule has 2 amide bonds. The molecule has 7 nitrogen and oxygen atoms in total. The molecule has 5 atom stereocenters. The predicted octanol–water partition coefficient (Wildman–Crippen LogP) is 10.2. The lowest BCUT2D eigenvalue weighted by atomic mass is 9.67. The molecule has 0 spiro atoms. The highest BCUT2D eigenvalue weighted by Gasteiger charge is 2.37. The average Bonchev–Trinajstić information content (AvgIpc) is 3.32. The van der Waals surface area contributed by atoms with E-state index in [1.807, 2.05) is 46.0 Å². The minimum atomic E-state index is -0.923. The van der Waals surface area contributed by atoms with E-state index < -0.39 is 17.7 Å². The number of aryl methyl sites for hydroxylation is 1. The van der Waals surface area contributed by atoms with Gasteiger partial charge in [0.05, 0.1) is 18.4 Å². The SMILES string of the molecule is CC.CCCc1cc(Cl)ccc1C1COc2ccc(C(C)O)cc2N(CC2CCC2C(C)/C=C/CCN(C)C(C)=O)C1.O=CNSc1ccc(F)c(F)c1. The van der Waals surface area contributed by atoms with Crippen molar-refractivity contribution in [3.8, 4) is 5.75 Å². The van der Waals surface area contributed by atoms with Gasteiger partial charge in [-0.3, -0.25) is 14.3 Å². The lowest BCUT2D eigenvalue weighted by molar-refractivity contribution is -0.127. The summed E-state index contributed by atoms with van der Waals surface area (Å²) in [4.78, 5) is 26.1. The van der Waals surface area contributed by atoms with Crippen molar-refractivity contribution in [1.82, 2.24) is 9.62 Å². The average molecular weight is 786 g/mol. The number of halogens is 3. The van der Waals surface area contributed by atoms with Gasteiger partial charge in [0, 0.05) is 49.4 Å². The predicted molar refractivity (Wildman–Crippen MR) is 218 cm³/mol. The Morgan fingerprint density at radius 2 is 1.87 bits per heavy atom. The Labute approximate surface area is 330 Å². The summed E-state index contributed by atoms with van der Waals surface area (Å²) in [5.41, 5.74) is 4.65. The molecule has 2 N–H and O–H groups in total. The standard InChI is InChI=1S/C34H47ClN2O3.C7H5F2NOS.C2H6/c1-6-9-27-18-30(35)13-15-32(27)29-21-37(33-19-26(24(3)38)12-16-34(33)40-22-29)20-28-11-14-31(28)23(2)10-7-8-17-36(5)25(4)39;8-6-2-1-5(3-7(6)9)12-10-4-11;1-2/h7,10,12-13,15-16,18-19,23-24,28-29,31,38H,6,8-9,11,14,17,20-22H2,1-5H3;1-4H,(H,10,11);1-2H3/b10-7+;;. The third-order valence-electron chi connectivity index (χ3n) is 10.1. The minimum absolute atomic E-state index is 0.111. The molecule has 3 aromatic carbocycles. The third kappa shape index (κ3) is 13.0. The topological polar surface area (TPSA) is 82.1 Å². The number of benzene rings is 3. The monoisotopic (exact) mass is 785 g/mol. The number of nitrogens with one attached hydrogen (secondary N) is 1. The van der Waals surface area contributed by atoms with Gasteiger partial charge >= 0.3 is 0 Å². The number of nitrogens with zero attached hydrogens (tertiary/aromatic N) is 2. The Hall–Kier alpha value is -3.60. The lowest BCUT2D eigenvalue weighted by Gasteiger charge is -2.43. The summed E-state index contributed by atoms with van der Waals surface area (Å²) in [6, 6.07) is 15.9. The summed E-state index contributed by atoms with van der Waals surface area (Å²) >= 11 is 7.32. The quantitative estimate of drug-likeness (QED) is 0.0963. The van der Waals surface area contributed by atoms with Gasteiger partial charge in [0.1, 0.15) is 5.75 Å². The maximum atomic E-state index is 12.5. The first-order chi connectivity index (χ1) is 25.9. The Morgan fingerprint density at radius 1 is 1.11 bits per heavy atom. The molecule has 0 bridgehead atoms. The summed E-state index contributed by atoms with van der Waals surface area (Å²) in [5.74, 6) is 1.15. The van der Waals surface area contributed by atoms with Crippen LogP contribution in [-0.4, -0.2) is 55.6 Å². The number of hydrogen-bond donors (Lipinski definition) is 2. The van der Waals surface area contributed by atoms with Gasteiger partial charge in [-0.25, -0.2) is 8.78 Å². The molecule has 1 heterocycles.